The molecule has 2 aromatic rings. The van der Waals surface area contributed by atoms with Crippen LogP contribution in [0.15, 0.2) is 6.07 Å². The van der Waals surface area contributed by atoms with E-state index in [1.54, 1.807) is 0 Å². The number of rotatable bonds is 3. The summed E-state index contributed by atoms with van der Waals surface area (Å²) in [6, 6.07) is 1.49. The highest BCUT2D eigenvalue weighted by Gasteiger charge is 2.29. The Morgan fingerprint density at radius 1 is 1.35 bits per heavy atom. The molecule has 23 heavy (non-hydrogen) atoms. The maximum absolute atomic E-state index is 13.9. The molecule has 1 saturated carbocycles. The molecule has 2 atom stereocenters. The SMILES string of the molecule is Cc1nc2[nH]c(C(=O)N[C@H]3CCC([Si](C)C)C3)cc2c(F)c1F. The van der Waals surface area contributed by atoms with Gasteiger partial charge in [-0.3, -0.25) is 4.79 Å². The number of aromatic amines is 1. The third-order valence-corrected chi connectivity index (χ3v) is 6.81. The number of H-pyrrole nitrogens is 1. The van der Waals surface area contributed by atoms with Crippen LogP contribution >= 0.6 is 0 Å². The van der Waals surface area contributed by atoms with Crippen molar-refractivity contribution in [2.75, 3.05) is 0 Å². The van der Waals surface area contributed by atoms with E-state index >= 15 is 0 Å². The van der Waals surface area contributed by atoms with Gasteiger partial charge in [-0.1, -0.05) is 19.5 Å². The Bertz CT molecular complexity index is 759. The largest absolute Gasteiger partial charge is 0.348 e. The summed E-state index contributed by atoms with van der Waals surface area (Å²) in [6.45, 7) is 5.98. The van der Waals surface area contributed by atoms with Gasteiger partial charge in [0.15, 0.2) is 11.6 Å². The molecule has 0 bridgehead atoms. The molecular weight excluding hydrogens is 316 g/mol. The van der Waals surface area contributed by atoms with Crippen LogP contribution in [0.25, 0.3) is 11.0 Å². The first-order valence-corrected chi connectivity index (χ1v) is 10.4. The molecule has 2 aromatic heterocycles. The number of halogens is 2. The van der Waals surface area contributed by atoms with Crippen molar-refractivity contribution in [1.29, 1.82) is 0 Å². The number of nitrogens with one attached hydrogen (secondary N) is 2. The molecule has 1 aliphatic rings. The topological polar surface area (TPSA) is 57.8 Å². The second kappa shape index (κ2) is 6.03. The Hall–Kier alpha value is -1.76. The van der Waals surface area contributed by atoms with Crippen molar-refractivity contribution in [3.8, 4) is 0 Å². The van der Waals surface area contributed by atoms with Crippen molar-refractivity contribution in [1.82, 2.24) is 15.3 Å². The van der Waals surface area contributed by atoms with E-state index in [0.717, 1.165) is 24.8 Å². The quantitative estimate of drug-likeness (QED) is 0.842. The fraction of sp³-hybridized carbons (Fsp3) is 0.500. The average Bonchev–Trinajstić information content (AvgIpc) is 3.11. The summed E-state index contributed by atoms with van der Waals surface area (Å²) in [6.07, 6.45) is 3.14. The lowest BCUT2D eigenvalue weighted by Crippen LogP contribution is -2.33. The second-order valence-corrected chi connectivity index (χ2v) is 9.50. The number of amides is 1. The summed E-state index contributed by atoms with van der Waals surface area (Å²) >= 11 is 0. The van der Waals surface area contributed by atoms with Crippen LogP contribution in [0.1, 0.15) is 35.4 Å². The minimum Gasteiger partial charge on any atom is -0.348 e. The molecule has 1 amide bonds. The first-order chi connectivity index (χ1) is 10.9. The molecule has 2 N–H and O–H groups in total. The van der Waals surface area contributed by atoms with E-state index in [1.165, 1.54) is 13.0 Å². The number of hydrogen-bond donors (Lipinski definition) is 2. The lowest BCUT2D eigenvalue weighted by Gasteiger charge is -2.14. The maximum Gasteiger partial charge on any atom is 0.267 e. The van der Waals surface area contributed by atoms with Crippen molar-refractivity contribution in [3.05, 3.63) is 29.1 Å². The Kier molecular flexibility index (Phi) is 4.22. The van der Waals surface area contributed by atoms with Crippen LogP contribution in [0.2, 0.25) is 18.6 Å². The lowest BCUT2D eigenvalue weighted by atomic mass is 10.2. The first kappa shape index (κ1) is 16.1. The van der Waals surface area contributed by atoms with Gasteiger partial charge in [0.05, 0.1) is 11.1 Å². The summed E-state index contributed by atoms with van der Waals surface area (Å²) in [7, 11) is -0.340. The van der Waals surface area contributed by atoms with Gasteiger partial charge in [-0.05, 0) is 31.4 Å². The summed E-state index contributed by atoms with van der Waals surface area (Å²) in [4.78, 5) is 19.1. The first-order valence-electron chi connectivity index (χ1n) is 7.82. The van der Waals surface area contributed by atoms with Gasteiger partial charge in [-0.15, -0.1) is 0 Å². The van der Waals surface area contributed by atoms with Crippen molar-refractivity contribution in [2.24, 2.45) is 0 Å². The molecule has 1 unspecified atom stereocenters. The molecule has 4 nitrogen and oxygen atoms in total. The summed E-state index contributed by atoms with van der Waals surface area (Å²) in [5, 5.41) is 3.00. The number of hydrogen-bond acceptors (Lipinski definition) is 2. The number of nitrogens with zero attached hydrogens (tertiary/aromatic N) is 1. The lowest BCUT2D eigenvalue weighted by molar-refractivity contribution is 0.0933. The van der Waals surface area contributed by atoms with E-state index in [1.807, 2.05) is 0 Å². The van der Waals surface area contributed by atoms with E-state index in [4.69, 9.17) is 0 Å². The summed E-state index contributed by atoms with van der Waals surface area (Å²) < 4.78 is 27.5. The third-order valence-electron chi connectivity index (χ3n) is 4.65. The van der Waals surface area contributed by atoms with Crippen molar-refractivity contribution >= 4 is 25.7 Å². The molecule has 0 aliphatic heterocycles. The van der Waals surface area contributed by atoms with Crippen molar-refractivity contribution in [2.45, 2.75) is 50.9 Å². The van der Waals surface area contributed by atoms with Crippen molar-refractivity contribution < 1.29 is 13.6 Å². The van der Waals surface area contributed by atoms with E-state index in [2.05, 4.69) is 28.4 Å². The molecule has 3 rings (SSSR count). The number of aromatic nitrogens is 2. The van der Waals surface area contributed by atoms with Crippen LogP contribution in [0, 0.1) is 18.6 Å². The standard InChI is InChI=1S/C16H20F2N3OSi/c1-8-13(17)14(18)11-7-12(21-15(11)19-8)16(22)20-9-4-5-10(6-9)23(2)3/h7,9-10H,4-6H2,1-3H3,(H,19,21)(H,20,22)/t9-,10?/m0/s1. The number of fused-ring (bicyclic) bond motifs is 1. The minimum atomic E-state index is -0.970. The van der Waals surface area contributed by atoms with E-state index < -0.39 is 11.6 Å². The van der Waals surface area contributed by atoms with E-state index in [0.29, 0.717) is 0 Å². The van der Waals surface area contributed by atoms with Crippen LogP contribution in [0.5, 0.6) is 0 Å². The number of carbonyl (C=O) groups excluding carboxylic acids is 1. The highest BCUT2D eigenvalue weighted by atomic mass is 28.3. The maximum atomic E-state index is 13.9. The number of aryl methyl sites for hydroxylation is 1. The predicted octanol–water partition coefficient (Wildman–Crippen LogP) is 3.56. The Morgan fingerprint density at radius 2 is 2.09 bits per heavy atom. The molecule has 7 heteroatoms. The molecule has 1 radical (unpaired) electrons. The summed E-state index contributed by atoms with van der Waals surface area (Å²) in [5.41, 5.74) is 1.12. The molecule has 0 spiro atoms. The Labute approximate surface area is 135 Å². The molecule has 0 aromatic carbocycles. The number of carbonyl (C=O) groups is 1. The van der Waals surface area contributed by atoms with Gasteiger partial charge in [0.25, 0.3) is 5.91 Å². The van der Waals surface area contributed by atoms with Crippen LogP contribution in [-0.4, -0.2) is 30.7 Å². The van der Waals surface area contributed by atoms with Crippen LogP contribution in [-0.2, 0) is 0 Å². The molecular formula is C16H20F2N3OSi. The zero-order valence-corrected chi connectivity index (χ0v) is 14.5. The van der Waals surface area contributed by atoms with Crippen LogP contribution < -0.4 is 5.32 Å². The van der Waals surface area contributed by atoms with E-state index in [9.17, 15) is 13.6 Å². The zero-order chi connectivity index (χ0) is 16.7. The highest BCUT2D eigenvalue weighted by molar-refractivity contribution is 6.57. The third kappa shape index (κ3) is 3.02. The Balaban J connectivity index is 1.78. The normalized spacial score (nSPS) is 21.3. The zero-order valence-electron chi connectivity index (χ0n) is 13.5. The van der Waals surface area contributed by atoms with Gasteiger partial charge in [0.2, 0.25) is 0 Å². The molecule has 0 saturated heterocycles. The number of pyridine rings is 1. The highest BCUT2D eigenvalue weighted by Crippen LogP contribution is 2.33. The molecule has 1 aliphatic carbocycles. The predicted molar refractivity (Wildman–Crippen MR) is 87.1 cm³/mol. The molecule has 1 fully saturated rings. The van der Waals surface area contributed by atoms with Gasteiger partial charge >= 0.3 is 0 Å². The van der Waals surface area contributed by atoms with Gasteiger partial charge in [0, 0.05) is 14.8 Å². The fourth-order valence-corrected chi connectivity index (χ4v) is 4.72. The smallest absolute Gasteiger partial charge is 0.267 e. The van der Waals surface area contributed by atoms with Gasteiger partial charge in [-0.2, -0.15) is 0 Å². The van der Waals surface area contributed by atoms with Gasteiger partial charge in [0.1, 0.15) is 11.3 Å². The fourth-order valence-electron chi connectivity index (χ4n) is 3.22. The minimum absolute atomic E-state index is 0.00941. The average molecular weight is 336 g/mol. The van der Waals surface area contributed by atoms with Gasteiger partial charge < -0.3 is 10.3 Å². The van der Waals surface area contributed by atoms with Crippen LogP contribution in [0.4, 0.5) is 8.78 Å². The van der Waals surface area contributed by atoms with Crippen molar-refractivity contribution in [3.63, 3.8) is 0 Å². The second-order valence-electron chi connectivity index (χ2n) is 6.53. The molecule has 123 valence electrons. The van der Waals surface area contributed by atoms with E-state index in [-0.39, 0.29) is 43.2 Å². The van der Waals surface area contributed by atoms with Crippen LogP contribution in [0.3, 0.4) is 0 Å². The summed E-state index contributed by atoms with van der Waals surface area (Å²) in [5.74, 6) is -2.22. The monoisotopic (exact) mass is 336 g/mol. The Morgan fingerprint density at radius 3 is 2.74 bits per heavy atom. The van der Waals surface area contributed by atoms with Gasteiger partial charge in [-0.25, -0.2) is 13.8 Å². The molecule has 2 heterocycles.